The van der Waals surface area contributed by atoms with Gasteiger partial charge in [0.2, 0.25) is 17.7 Å². The smallest absolute Gasteiger partial charge is 0.255 e. The van der Waals surface area contributed by atoms with Crippen LogP contribution in [0, 0.1) is 0 Å². The zero-order valence-corrected chi connectivity index (χ0v) is 17.4. The molecule has 0 radical (unpaired) electrons. The molecule has 31 heavy (non-hydrogen) atoms. The van der Waals surface area contributed by atoms with Crippen molar-refractivity contribution in [3.8, 4) is 11.5 Å². The van der Waals surface area contributed by atoms with E-state index >= 15 is 0 Å². The summed E-state index contributed by atoms with van der Waals surface area (Å²) in [5, 5.41) is 1.80. The lowest BCUT2D eigenvalue weighted by atomic mass is 10.1. The van der Waals surface area contributed by atoms with Gasteiger partial charge in [0.15, 0.2) is 0 Å². The quantitative estimate of drug-likeness (QED) is 0.636. The van der Waals surface area contributed by atoms with E-state index in [1.807, 2.05) is 42.5 Å². The third-order valence-corrected chi connectivity index (χ3v) is 6.62. The van der Waals surface area contributed by atoms with Gasteiger partial charge < -0.3 is 9.32 Å². The summed E-state index contributed by atoms with van der Waals surface area (Å²) in [5.74, 6) is 0.660. The summed E-state index contributed by atoms with van der Waals surface area (Å²) < 4.78 is 5.93. The van der Waals surface area contributed by atoms with Crippen LogP contribution in [-0.2, 0) is 22.6 Å². The van der Waals surface area contributed by atoms with Crippen molar-refractivity contribution < 1.29 is 18.8 Å². The fourth-order valence-electron chi connectivity index (χ4n) is 3.77. The molecule has 0 saturated carbocycles. The first-order chi connectivity index (χ1) is 15.1. The topological polar surface area (TPSA) is 92.5 Å². The van der Waals surface area contributed by atoms with Gasteiger partial charge in [-0.15, -0.1) is 11.8 Å². The fourth-order valence-corrected chi connectivity index (χ4v) is 4.92. The average molecular weight is 433 g/mol. The van der Waals surface area contributed by atoms with Crippen LogP contribution < -0.4 is 5.32 Å². The Morgan fingerprint density at radius 3 is 2.65 bits per heavy atom. The molecule has 1 unspecified atom stereocenters. The molecule has 2 aliphatic rings. The van der Waals surface area contributed by atoms with Crippen LogP contribution in [0.25, 0.3) is 11.5 Å². The molecule has 7 nitrogen and oxygen atoms in total. The highest BCUT2D eigenvalue weighted by molar-refractivity contribution is 8.00. The fraction of sp³-hybridized carbons (Fsp3) is 0.217. The Labute approximate surface area is 182 Å². The first-order valence-corrected chi connectivity index (χ1v) is 10.9. The second-order valence-electron chi connectivity index (χ2n) is 7.45. The van der Waals surface area contributed by atoms with Gasteiger partial charge in [0.05, 0.1) is 17.4 Å². The molecule has 5 rings (SSSR count). The number of amides is 3. The molecule has 8 heteroatoms. The average Bonchev–Trinajstić information content (AvgIpc) is 3.36. The molecule has 3 amide bonds. The monoisotopic (exact) mass is 433 g/mol. The minimum absolute atomic E-state index is 0.122. The van der Waals surface area contributed by atoms with Crippen LogP contribution >= 0.6 is 11.8 Å². The molecule has 1 aromatic heterocycles. The maximum atomic E-state index is 13.3. The molecule has 3 heterocycles. The lowest BCUT2D eigenvalue weighted by molar-refractivity contribution is -0.124. The highest BCUT2D eigenvalue weighted by atomic mass is 32.2. The third kappa shape index (κ3) is 3.86. The Bertz CT molecular complexity index is 1170. The summed E-state index contributed by atoms with van der Waals surface area (Å²) in [5.41, 5.74) is 2.19. The van der Waals surface area contributed by atoms with E-state index in [0.717, 1.165) is 17.0 Å². The van der Waals surface area contributed by atoms with Crippen molar-refractivity contribution in [3.63, 3.8) is 0 Å². The number of benzene rings is 2. The predicted octanol–water partition coefficient (Wildman–Crippen LogP) is 3.05. The van der Waals surface area contributed by atoms with E-state index in [1.165, 1.54) is 11.8 Å². The molecule has 1 N–H and O–H groups in total. The maximum Gasteiger partial charge on any atom is 0.255 e. The van der Waals surface area contributed by atoms with Crippen LogP contribution in [0.15, 0.2) is 63.9 Å². The first kappa shape index (κ1) is 19.6. The van der Waals surface area contributed by atoms with Gasteiger partial charge in [-0.1, -0.05) is 30.3 Å². The highest BCUT2D eigenvalue weighted by Gasteiger charge is 2.33. The van der Waals surface area contributed by atoms with Crippen LogP contribution in [0.5, 0.6) is 0 Å². The first-order valence-electron chi connectivity index (χ1n) is 10.0. The Hall–Kier alpha value is -3.39. The number of carbonyl (C=O) groups excluding carboxylic acids is 3. The molecule has 2 aliphatic heterocycles. The van der Waals surface area contributed by atoms with Gasteiger partial charge >= 0.3 is 0 Å². The van der Waals surface area contributed by atoms with E-state index in [0.29, 0.717) is 35.9 Å². The summed E-state index contributed by atoms with van der Waals surface area (Å²) in [6.45, 7) is 0.891. The van der Waals surface area contributed by atoms with Crippen LogP contribution in [-0.4, -0.2) is 39.4 Å². The molecule has 0 aliphatic carbocycles. The van der Waals surface area contributed by atoms with Gasteiger partial charge in [0.25, 0.3) is 5.91 Å². The van der Waals surface area contributed by atoms with Crippen LogP contribution in [0.1, 0.15) is 28.2 Å². The van der Waals surface area contributed by atoms with Crippen LogP contribution in [0.4, 0.5) is 0 Å². The molecule has 1 saturated heterocycles. The number of thioether (sulfide) groups is 1. The number of hydrogen-bond acceptors (Lipinski definition) is 6. The number of oxazole rings is 1. The van der Waals surface area contributed by atoms with E-state index in [1.54, 1.807) is 17.0 Å². The van der Waals surface area contributed by atoms with E-state index in [9.17, 15) is 14.4 Å². The van der Waals surface area contributed by atoms with Crippen molar-refractivity contribution in [1.82, 2.24) is 15.2 Å². The van der Waals surface area contributed by atoms with Crippen molar-refractivity contribution in [2.24, 2.45) is 0 Å². The largest absolute Gasteiger partial charge is 0.441 e. The van der Waals surface area contributed by atoms with Crippen molar-refractivity contribution >= 4 is 29.5 Å². The van der Waals surface area contributed by atoms with Crippen molar-refractivity contribution in [1.29, 1.82) is 0 Å². The van der Waals surface area contributed by atoms with Gasteiger partial charge in [-0.05, 0) is 24.3 Å². The number of nitrogens with one attached hydrogen (secondary N) is 1. The summed E-state index contributed by atoms with van der Waals surface area (Å²) in [7, 11) is 0. The maximum absolute atomic E-state index is 13.3. The number of fused-ring (bicyclic) bond motifs is 1. The minimum atomic E-state index is -0.515. The van der Waals surface area contributed by atoms with Crippen molar-refractivity contribution in [2.75, 3.05) is 6.54 Å². The number of nitrogens with zero attached hydrogens (tertiary/aromatic N) is 2. The third-order valence-electron chi connectivity index (χ3n) is 5.35. The van der Waals surface area contributed by atoms with Crippen LogP contribution in [0.3, 0.4) is 0 Å². The highest BCUT2D eigenvalue weighted by Crippen LogP contribution is 2.33. The molecule has 1 atom stereocenters. The Morgan fingerprint density at radius 2 is 1.87 bits per heavy atom. The van der Waals surface area contributed by atoms with E-state index in [4.69, 9.17) is 4.42 Å². The Balaban J connectivity index is 1.36. The lowest BCUT2D eigenvalue weighted by Gasteiger charge is -2.26. The van der Waals surface area contributed by atoms with Gasteiger partial charge in [-0.25, -0.2) is 4.98 Å². The zero-order valence-electron chi connectivity index (χ0n) is 16.5. The van der Waals surface area contributed by atoms with Crippen molar-refractivity contribution in [3.05, 3.63) is 71.6 Å². The molecule has 156 valence electrons. The van der Waals surface area contributed by atoms with E-state index in [-0.39, 0.29) is 24.1 Å². The Morgan fingerprint density at radius 1 is 1.10 bits per heavy atom. The van der Waals surface area contributed by atoms with Gasteiger partial charge in [0, 0.05) is 29.8 Å². The summed E-state index contributed by atoms with van der Waals surface area (Å²) >= 11 is 1.25. The summed E-state index contributed by atoms with van der Waals surface area (Å²) in [6.07, 6.45) is 0.718. The molecule has 0 spiro atoms. The van der Waals surface area contributed by atoms with Crippen LogP contribution in [0.2, 0.25) is 0 Å². The molecule has 2 aromatic carbocycles. The molecular weight excluding hydrogens is 414 g/mol. The van der Waals surface area contributed by atoms with E-state index in [2.05, 4.69) is 10.3 Å². The summed E-state index contributed by atoms with van der Waals surface area (Å²) in [4.78, 5) is 43.8. The molecular formula is C23H19N3O4S. The normalized spacial score (nSPS) is 18.1. The number of aromatic nitrogens is 1. The summed E-state index contributed by atoms with van der Waals surface area (Å²) in [6, 6.07) is 16.9. The van der Waals surface area contributed by atoms with Gasteiger partial charge in [-0.3, -0.25) is 19.7 Å². The zero-order chi connectivity index (χ0) is 21.4. The van der Waals surface area contributed by atoms with Gasteiger partial charge in [0.1, 0.15) is 11.5 Å². The molecule has 1 fully saturated rings. The second-order valence-corrected chi connectivity index (χ2v) is 8.70. The predicted molar refractivity (Wildman–Crippen MR) is 114 cm³/mol. The lowest BCUT2D eigenvalue weighted by Crippen LogP contribution is -2.36. The molecule has 0 bridgehead atoms. The Kier molecular flexibility index (Phi) is 5.07. The number of imide groups is 1. The van der Waals surface area contributed by atoms with Crippen molar-refractivity contribution in [2.45, 2.75) is 29.5 Å². The minimum Gasteiger partial charge on any atom is -0.441 e. The second kappa shape index (κ2) is 8.03. The van der Waals surface area contributed by atoms with E-state index < -0.39 is 5.25 Å². The SMILES string of the molecule is O=C1CC(Sc2ccccc2C(=O)N2CCc3oc(-c4ccccc4)nc3C2)C(=O)N1. The number of rotatable bonds is 4. The number of carbonyl (C=O) groups is 3. The van der Waals surface area contributed by atoms with Gasteiger partial charge in [-0.2, -0.15) is 0 Å². The molecule has 3 aromatic rings. The standard InChI is InChI=1S/C23H19N3O4S/c27-20-12-19(21(28)25-20)31-18-9-5-4-8-15(18)23(29)26-11-10-17-16(13-26)24-22(30-17)14-6-2-1-3-7-14/h1-9,19H,10-13H2,(H,25,27,28). The number of hydrogen-bond donors (Lipinski definition) is 1.